The fourth-order valence-electron chi connectivity index (χ4n) is 4.01. The first-order valence-corrected chi connectivity index (χ1v) is 12.7. The highest BCUT2D eigenvalue weighted by molar-refractivity contribution is 6.12. The number of azo groups is 1. The number of phenols is 1. The van der Waals surface area contributed by atoms with E-state index in [2.05, 4.69) is 20.9 Å². The lowest BCUT2D eigenvalue weighted by Crippen LogP contribution is -2.22. The molecular weight excluding hydrogens is 496 g/mol. The SMILES string of the molecule is CCNC(=O)c1ccc(OCC)c(N=Nc2c(O)c(C(=O)Nc3ccccc3OCC)cc3ccccc23)c1. The highest BCUT2D eigenvalue weighted by atomic mass is 16.5. The fraction of sp³-hybridized carbons (Fsp3) is 0.200. The number of hydrogen-bond acceptors (Lipinski definition) is 7. The molecule has 0 saturated carbocycles. The Labute approximate surface area is 226 Å². The quantitative estimate of drug-likeness (QED) is 0.197. The zero-order valence-electron chi connectivity index (χ0n) is 22.0. The molecule has 0 spiro atoms. The van der Waals surface area contributed by atoms with Crippen LogP contribution >= 0.6 is 0 Å². The number of fused-ring (bicyclic) bond motifs is 1. The van der Waals surface area contributed by atoms with Crippen LogP contribution in [0.4, 0.5) is 17.1 Å². The maximum absolute atomic E-state index is 13.3. The number of rotatable bonds is 10. The van der Waals surface area contributed by atoms with E-state index in [0.717, 1.165) is 0 Å². The van der Waals surface area contributed by atoms with Gasteiger partial charge < -0.3 is 25.2 Å². The lowest BCUT2D eigenvalue weighted by molar-refractivity contribution is 0.0954. The van der Waals surface area contributed by atoms with Crippen LogP contribution in [0.1, 0.15) is 41.5 Å². The van der Waals surface area contributed by atoms with Gasteiger partial charge in [0.15, 0.2) is 5.75 Å². The largest absolute Gasteiger partial charge is 0.505 e. The van der Waals surface area contributed by atoms with Gasteiger partial charge in [0.25, 0.3) is 11.8 Å². The van der Waals surface area contributed by atoms with Gasteiger partial charge in [-0.3, -0.25) is 9.59 Å². The Morgan fingerprint density at radius 1 is 0.821 bits per heavy atom. The second-order valence-electron chi connectivity index (χ2n) is 8.40. The summed E-state index contributed by atoms with van der Waals surface area (Å²) in [4.78, 5) is 25.7. The number of anilines is 1. The van der Waals surface area contributed by atoms with E-state index in [0.29, 0.717) is 59.0 Å². The number of amides is 2. The lowest BCUT2D eigenvalue weighted by atomic mass is 10.0. The number of phenolic OH excluding ortho intramolecular Hbond substituents is 1. The normalized spacial score (nSPS) is 10.9. The summed E-state index contributed by atoms with van der Waals surface area (Å²) in [5, 5.41) is 26.8. The van der Waals surface area contributed by atoms with Gasteiger partial charge in [0.2, 0.25) is 0 Å². The van der Waals surface area contributed by atoms with E-state index in [9.17, 15) is 14.7 Å². The van der Waals surface area contributed by atoms with Crippen LogP contribution in [-0.4, -0.2) is 36.7 Å². The summed E-state index contributed by atoms with van der Waals surface area (Å²) in [6, 6.07) is 20.8. The minimum absolute atomic E-state index is 0.0232. The molecule has 4 rings (SSSR count). The Kier molecular flexibility index (Phi) is 8.73. The molecule has 2 amide bonds. The molecule has 0 aromatic heterocycles. The van der Waals surface area contributed by atoms with E-state index in [1.54, 1.807) is 54.6 Å². The number of ether oxygens (including phenoxy) is 2. The molecule has 0 fully saturated rings. The van der Waals surface area contributed by atoms with Crippen molar-refractivity contribution in [3.05, 3.63) is 83.9 Å². The molecule has 0 unspecified atom stereocenters. The van der Waals surface area contributed by atoms with Crippen molar-refractivity contribution in [2.75, 3.05) is 25.1 Å². The van der Waals surface area contributed by atoms with Crippen LogP contribution in [0.15, 0.2) is 83.0 Å². The van der Waals surface area contributed by atoms with Gasteiger partial charge >= 0.3 is 0 Å². The van der Waals surface area contributed by atoms with Crippen LogP contribution in [0.3, 0.4) is 0 Å². The van der Waals surface area contributed by atoms with Crippen LogP contribution in [0, 0.1) is 0 Å². The average Bonchev–Trinajstić information content (AvgIpc) is 2.94. The first-order chi connectivity index (χ1) is 19.0. The first kappa shape index (κ1) is 27.1. The predicted molar refractivity (Wildman–Crippen MR) is 151 cm³/mol. The Hall–Kier alpha value is -4.92. The molecule has 0 atom stereocenters. The van der Waals surface area contributed by atoms with Gasteiger partial charge in [0, 0.05) is 17.5 Å². The van der Waals surface area contributed by atoms with Gasteiger partial charge in [-0.05, 0) is 62.6 Å². The molecule has 0 saturated heterocycles. The van der Waals surface area contributed by atoms with Crippen molar-refractivity contribution in [1.82, 2.24) is 5.32 Å². The maximum atomic E-state index is 13.3. The van der Waals surface area contributed by atoms with Crippen LogP contribution in [0.2, 0.25) is 0 Å². The fourth-order valence-corrected chi connectivity index (χ4v) is 4.01. The Bertz CT molecular complexity index is 1530. The van der Waals surface area contributed by atoms with Gasteiger partial charge in [-0.2, -0.15) is 0 Å². The number of nitrogens with one attached hydrogen (secondary N) is 2. The molecule has 200 valence electrons. The zero-order chi connectivity index (χ0) is 27.8. The summed E-state index contributed by atoms with van der Waals surface area (Å²) in [7, 11) is 0. The number of nitrogens with zero attached hydrogens (tertiary/aromatic N) is 2. The summed E-state index contributed by atoms with van der Waals surface area (Å²) in [6.07, 6.45) is 0. The Morgan fingerprint density at radius 2 is 1.54 bits per heavy atom. The number of carbonyl (C=O) groups is 2. The number of benzene rings is 4. The molecule has 0 heterocycles. The third-order valence-corrected chi connectivity index (χ3v) is 5.79. The summed E-state index contributed by atoms with van der Waals surface area (Å²) in [6.45, 7) is 6.82. The molecule has 39 heavy (non-hydrogen) atoms. The molecule has 3 N–H and O–H groups in total. The van der Waals surface area contributed by atoms with Gasteiger partial charge in [-0.15, -0.1) is 10.2 Å². The van der Waals surface area contributed by atoms with Crippen LogP contribution < -0.4 is 20.1 Å². The summed E-state index contributed by atoms with van der Waals surface area (Å²) >= 11 is 0. The molecule has 4 aromatic rings. The number of para-hydroxylation sites is 2. The minimum Gasteiger partial charge on any atom is -0.505 e. The minimum atomic E-state index is -0.532. The second kappa shape index (κ2) is 12.6. The molecule has 0 aliphatic rings. The van der Waals surface area contributed by atoms with E-state index < -0.39 is 5.91 Å². The van der Waals surface area contributed by atoms with Crippen molar-refractivity contribution >= 4 is 39.6 Å². The zero-order valence-corrected chi connectivity index (χ0v) is 22.0. The highest BCUT2D eigenvalue weighted by Gasteiger charge is 2.20. The van der Waals surface area contributed by atoms with Crippen LogP contribution in [0.25, 0.3) is 10.8 Å². The highest BCUT2D eigenvalue weighted by Crippen LogP contribution is 2.41. The van der Waals surface area contributed by atoms with Crippen molar-refractivity contribution in [3.8, 4) is 17.2 Å². The van der Waals surface area contributed by atoms with Crippen molar-refractivity contribution in [1.29, 1.82) is 0 Å². The second-order valence-corrected chi connectivity index (χ2v) is 8.40. The van der Waals surface area contributed by atoms with Gasteiger partial charge in [0.05, 0.1) is 24.5 Å². The van der Waals surface area contributed by atoms with Gasteiger partial charge in [0.1, 0.15) is 22.9 Å². The first-order valence-electron chi connectivity index (χ1n) is 12.7. The van der Waals surface area contributed by atoms with Crippen LogP contribution in [0.5, 0.6) is 17.2 Å². The van der Waals surface area contributed by atoms with Crippen molar-refractivity contribution < 1.29 is 24.2 Å². The molecule has 9 nitrogen and oxygen atoms in total. The summed E-state index contributed by atoms with van der Waals surface area (Å²) in [5.74, 6) is -0.170. The van der Waals surface area contributed by atoms with Gasteiger partial charge in [-0.1, -0.05) is 36.4 Å². The van der Waals surface area contributed by atoms with Crippen molar-refractivity contribution in [3.63, 3.8) is 0 Å². The standard InChI is InChI=1S/C30H30N4O5/c1-4-31-29(36)20-15-16-26(39-6-3)24(18-20)33-34-27-21-12-8-7-11-19(21)17-22(28(27)35)30(37)32-23-13-9-10-14-25(23)38-5-2/h7-18,35H,4-6H2,1-3H3,(H,31,36)(H,32,37). The monoisotopic (exact) mass is 526 g/mol. The predicted octanol–water partition coefficient (Wildman–Crippen LogP) is 6.76. The molecule has 0 bridgehead atoms. The van der Waals surface area contributed by atoms with E-state index in [-0.39, 0.29) is 22.9 Å². The Balaban J connectivity index is 1.77. The maximum Gasteiger partial charge on any atom is 0.259 e. The third-order valence-electron chi connectivity index (χ3n) is 5.79. The topological polar surface area (TPSA) is 122 Å². The van der Waals surface area contributed by atoms with E-state index in [1.807, 2.05) is 39.0 Å². The smallest absolute Gasteiger partial charge is 0.259 e. The molecule has 9 heteroatoms. The molecule has 0 aliphatic heterocycles. The Morgan fingerprint density at radius 3 is 2.31 bits per heavy atom. The summed E-state index contributed by atoms with van der Waals surface area (Å²) < 4.78 is 11.3. The molecule has 4 aromatic carbocycles. The molecular formula is C30H30N4O5. The van der Waals surface area contributed by atoms with Gasteiger partial charge in [-0.25, -0.2) is 0 Å². The van der Waals surface area contributed by atoms with E-state index >= 15 is 0 Å². The number of carbonyl (C=O) groups excluding carboxylic acids is 2. The van der Waals surface area contributed by atoms with Crippen molar-refractivity contribution in [2.45, 2.75) is 20.8 Å². The molecule has 0 aliphatic carbocycles. The lowest BCUT2D eigenvalue weighted by Gasteiger charge is -2.14. The average molecular weight is 527 g/mol. The van der Waals surface area contributed by atoms with Crippen molar-refractivity contribution in [2.24, 2.45) is 10.2 Å². The van der Waals surface area contributed by atoms with E-state index in [4.69, 9.17) is 9.47 Å². The third kappa shape index (κ3) is 6.15. The number of aromatic hydroxyl groups is 1. The number of hydrogen-bond donors (Lipinski definition) is 3. The van der Waals surface area contributed by atoms with Crippen LogP contribution in [-0.2, 0) is 0 Å². The molecule has 0 radical (unpaired) electrons. The summed E-state index contributed by atoms with van der Waals surface area (Å²) in [5.41, 5.74) is 1.31. The van der Waals surface area contributed by atoms with E-state index in [1.165, 1.54) is 0 Å².